The number of ether oxygens (including phenoxy) is 1. The summed E-state index contributed by atoms with van der Waals surface area (Å²) in [5, 5.41) is 5.52. The van der Waals surface area contributed by atoms with Gasteiger partial charge >= 0.3 is 5.97 Å². The van der Waals surface area contributed by atoms with E-state index in [1.807, 2.05) is 56.5 Å². The van der Waals surface area contributed by atoms with Gasteiger partial charge in [-0.3, -0.25) is 0 Å². The van der Waals surface area contributed by atoms with Crippen molar-refractivity contribution in [2.24, 2.45) is 5.10 Å². The van der Waals surface area contributed by atoms with Crippen LogP contribution in [-0.4, -0.2) is 22.9 Å². The summed E-state index contributed by atoms with van der Waals surface area (Å²) in [6.45, 7) is 8.07. The number of aryl methyl sites for hydroxylation is 1. The van der Waals surface area contributed by atoms with Gasteiger partial charge in [-0.1, -0.05) is 41.4 Å². The molecule has 0 aliphatic carbocycles. The Morgan fingerprint density at radius 2 is 1.81 bits per heavy atom. The first-order valence-corrected chi connectivity index (χ1v) is 10.7. The molecular formula is C24H25Cl2N3O2. The fraction of sp³-hybridized carbons (Fsp3) is 0.250. The van der Waals surface area contributed by atoms with Crippen molar-refractivity contribution in [1.29, 1.82) is 0 Å². The molecule has 0 saturated heterocycles. The van der Waals surface area contributed by atoms with Gasteiger partial charge in [-0.05, 0) is 58.0 Å². The van der Waals surface area contributed by atoms with E-state index in [1.54, 1.807) is 30.5 Å². The summed E-state index contributed by atoms with van der Waals surface area (Å²) >= 11 is 12.4. The van der Waals surface area contributed by atoms with Crippen LogP contribution < -0.4 is 5.43 Å². The standard InChI is InChI=1S/C24H25Cl2N3O2/c1-15(2)31-24(30)19-8-5-6-11-23(19)29-16(3)12-18(17(29)4)13-27-28-14-20-21(25)9-7-10-22(20)26/h5-13,15,28H,14H2,1-4H3/b27-13-. The van der Waals surface area contributed by atoms with Gasteiger partial charge in [-0.25, -0.2) is 4.79 Å². The van der Waals surface area contributed by atoms with Crippen LogP contribution in [0.25, 0.3) is 5.69 Å². The number of nitrogens with one attached hydrogen (secondary N) is 1. The molecule has 1 aromatic heterocycles. The number of hydrogen-bond donors (Lipinski definition) is 1. The Bertz CT molecular complexity index is 1100. The summed E-state index contributed by atoms with van der Waals surface area (Å²) in [7, 11) is 0. The molecule has 0 fully saturated rings. The molecule has 0 aliphatic rings. The smallest absolute Gasteiger partial charge is 0.340 e. The third-order valence-electron chi connectivity index (χ3n) is 4.79. The van der Waals surface area contributed by atoms with E-state index < -0.39 is 0 Å². The molecule has 31 heavy (non-hydrogen) atoms. The quantitative estimate of drug-likeness (QED) is 0.265. The molecule has 0 spiro atoms. The summed E-state index contributed by atoms with van der Waals surface area (Å²) in [6, 6.07) is 14.8. The van der Waals surface area contributed by atoms with Crippen LogP contribution in [0.5, 0.6) is 0 Å². The molecule has 7 heteroatoms. The lowest BCUT2D eigenvalue weighted by Gasteiger charge is -2.15. The van der Waals surface area contributed by atoms with Crippen molar-refractivity contribution >= 4 is 35.4 Å². The molecule has 3 rings (SSSR count). The van der Waals surface area contributed by atoms with Crippen LogP contribution in [0.1, 0.15) is 46.7 Å². The van der Waals surface area contributed by atoms with Crippen LogP contribution in [0.3, 0.4) is 0 Å². The van der Waals surface area contributed by atoms with Crippen molar-refractivity contribution in [2.75, 3.05) is 0 Å². The lowest BCUT2D eigenvalue weighted by molar-refractivity contribution is 0.0378. The number of esters is 1. The van der Waals surface area contributed by atoms with Crippen LogP contribution in [0.2, 0.25) is 10.0 Å². The monoisotopic (exact) mass is 457 g/mol. The minimum Gasteiger partial charge on any atom is -0.459 e. The summed E-state index contributed by atoms with van der Waals surface area (Å²) in [5.74, 6) is -0.341. The zero-order valence-corrected chi connectivity index (χ0v) is 19.5. The van der Waals surface area contributed by atoms with Crippen molar-refractivity contribution in [3.8, 4) is 5.69 Å². The normalized spacial score (nSPS) is 11.3. The van der Waals surface area contributed by atoms with Gasteiger partial charge in [-0.15, -0.1) is 0 Å². The second-order valence-electron chi connectivity index (χ2n) is 7.43. The predicted octanol–water partition coefficient (Wildman–Crippen LogP) is 6.09. The Hall–Kier alpha value is -2.76. The number of hydrazone groups is 1. The van der Waals surface area contributed by atoms with E-state index in [0.29, 0.717) is 22.2 Å². The first-order valence-electron chi connectivity index (χ1n) is 9.97. The number of para-hydroxylation sites is 1. The summed E-state index contributed by atoms with van der Waals surface area (Å²) in [6.07, 6.45) is 1.56. The third kappa shape index (κ3) is 5.30. The predicted molar refractivity (Wildman–Crippen MR) is 127 cm³/mol. The number of hydrogen-bond acceptors (Lipinski definition) is 4. The highest BCUT2D eigenvalue weighted by Gasteiger charge is 2.18. The van der Waals surface area contributed by atoms with Crippen LogP contribution in [0.4, 0.5) is 0 Å². The molecule has 0 bridgehead atoms. The highest BCUT2D eigenvalue weighted by Crippen LogP contribution is 2.25. The lowest BCUT2D eigenvalue weighted by atomic mass is 10.1. The van der Waals surface area contributed by atoms with Crippen molar-refractivity contribution in [3.05, 3.63) is 86.7 Å². The molecule has 162 valence electrons. The Labute approximate surface area is 192 Å². The fourth-order valence-electron chi connectivity index (χ4n) is 3.35. The second kappa shape index (κ2) is 10.0. The first kappa shape index (κ1) is 22.9. The molecule has 1 heterocycles. The molecule has 3 aromatic rings. The maximum absolute atomic E-state index is 12.6. The van der Waals surface area contributed by atoms with Crippen LogP contribution >= 0.6 is 23.2 Å². The number of nitrogens with zero attached hydrogens (tertiary/aromatic N) is 2. The van der Waals surface area contributed by atoms with Gasteiger partial charge in [0.15, 0.2) is 0 Å². The summed E-state index contributed by atoms with van der Waals surface area (Å²) < 4.78 is 7.45. The minimum atomic E-state index is -0.341. The average molecular weight is 458 g/mol. The largest absolute Gasteiger partial charge is 0.459 e. The number of rotatable bonds is 7. The van der Waals surface area contributed by atoms with E-state index in [1.165, 1.54) is 0 Å². The molecule has 5 nitrogen and oxygen atoms in total. The Morgan fingerprint density at radius 1 is 1.13 bits per heavy atom. The number of halogens is 2. The molecule has 1 N–H and O–H groups in total. The van der Waals surface area contributed by atoms with Gasteiger partial charge in [0.2, 0.25) is 0 Å². The Morgan fingerprint density at radius 3 is 2.48 bits per heavy atom. The number of aromatic nitrogens is 1. The first-order chi connectivity index (χ1) is 14.8. The van der Waals surface area contributed by atoms with E-state index in [2.05, 4.69) is 10.5 Å². The van der Waals surface area contributed by atoms with Gasteiger partial charge in [0.1, 0.15) is 0 Å². The van der Waals surface area contributed by atoms with Crippen LogP contribution in [0.15, 0.2) is 53.6 Å². The molecular weight excluding hydrogens is 433 g/mol. The van der Waals surface area contributed by atoms with Gasteiger partial charge in [0.25, 0.3) is 0 Å². The Balaban J connectivity index is 1.83. The molecule has 0 saturated carbocycles. The van der Waals surface area contributed by atoms with Gasteiger partial charge < -0.3 is 14.7 Å². The fourth-order valence-corrected chi connectivity index (χ4v) is 3.88. The number of carbonyl (C=O) groups excluding carboxylic acids is 1. The number of carbonyl (C=O) groups is 1. The van der Waals surface area contributed by atoms with Crippen LogP contribution in [-0.2, 0) is 11.3 Å². The van der Waals surface area contributed by atoms with E-state index >= 15 is 0 Å². The molecule has 2 aromatic carbocycles. The topological polar surface area (TPSA) is 55.6 Å². The van der Waals surface area contributed by atoms with Gasteiger partial charge in [0, 0.05) is 32.6 Å². The second-order valence-corrected chi connectivity index (χ2v) is 8.24. The van der Waals surface area contributed by atoms with Crippen molar-refractivity contribution in [1.82, 2.24) is 9.99 Å². The maximum Gasteiger partial charge on any atom is 0.340 e. The Kier molecular flexibility index (Phi) is 7.42. The van der Waals surface area contributed by atoms with E-state index in [-0.39, 0.29) is 12.1 Å². The minimum absolute atomic E-state index is 0.187. The number of benzene rings is 2. The molecule has 0 amide bonds. The van der Waals surface area contributed by atoms with Crippen molar-refractivity contribution in [3.63, 3.8) is 0 Å². The average Bonchev–Trinajstić information content (AvgIpc) is 2.99. The molecule has 0 radical (unpaired) electrons. The molecule has 0 unspecified atom stereocenters. The highest BCUT2D eigenvalue weighted by atomic mass is 35.5. The van der Waals surface area contributed by atoms with E-state index in [4.69, 9.17) is 27.9 Å². The van der Waals surface area contributed by atoms with Crippen LogP contribution in [0, 0.1) is 13.8 Å². The van der Waals surface area contributed by atoms with Gasteiger partial charge in [-0.2, -0.15) is 5.10 Å². The summed E-state index contributed by atoms with van der Waals surface area (Å²) in [5.41, 5.74) is 7.97. The zero-order chi connectivity index (χ0) is 22.5. The van der Waals surface area contributed by atoms with E-state index in [9.17, 15) is 4.79 Å². The van der Waals surface area contributed by atoms with Crippen molar-refractivity contribution < 1.29 is 9.53 Å². The van der Waals surface area contributed by atoms with Crippen molar-refractivity contribution in [2.45, 2.75) is 40.3 Å². The van der Waals surface area contributed by atoms with Gasteiger partial charge in [0.05, 0.1) is 30.1 Å². The maximum atomic E-state index is 12.6. The molecule has 0 atom stereocenters. The highest BCUT2D eigenvalue weighted by molar-refractivity contribution is 6.35. The zero-order valence-electron chi connectivity index (χ0n) is 17.9. The van der Waals surface area contributed by atoms with E-state index in [0.717, 1.165) is 28.2 Å². The summed E-state index contributed by atoms with van der Waals surface area (Å²) in [4.78, 5) is 12.6. The SMILES string of the molecule is Cc1cc(/C=N\NCc2c(Cl)cccc2Cl)c(C)n1-c1ccccc1C(=O)OC(C)C. The third-order valence-corrected chi connectivity index (χ3v) is 5.50. The molecule has 0 aliphatic heterocycles. The lowest BCUT2D eigenvalue weighted by Crippen LogP contribution is -2.15.